The van der Waals surface area contributed by atoms with Gasteiger partial charge in [0, 0.05) is 23.7 Å². The summed E-state index contributed by atoms with van der Waals surface area (Å²) in [5.74, 6) is 2.87. The quantitative estimate of drug-likeness (QED) is 0.224. The number of benzene rings is 1. The van der Waals surface area contributed by atoms with Gasteiger partial charge in [-0.05, 0) is 26.0 Å². The highest BCUT2D eigenvalue weighted by molar-refractivity contribution is 14.0. The van der Waals surface area contributed by atoms with E-state index in [-0.39, 0.29) is 24.0 Å². The number of aliphatic imine (C=N–C) groups is 1. The van der Waals surface area contributed by atoms with Crippen LogP contribution in [0.3, 0.4) is 0 Å². The number of nitrogens with one attached hydrogen (secondary N) is 2. The second kappa shape index (κ2) is 11.3. The number of hydrogen-bond donors (Lipinski definition) is 2. The summed E-state index contributed by atoms with van der Waals surface area (Å²) >= 11 is 1.81. The van der Waals surface area contributed by atoms with Gasteiger partial charge in [-0.3, -0.25) is 0 Å². The summed E-state index contributed by atoms with van der Waals surface area (Å²) in [5, 5.41) is 10.2. The van der Waals surface area contributed by atoms with Crippen LogP contribution in [-0.4, -0.2) is 34.9 Å². The van der Waals surface area contributed by atoms with E-state index >= 15 is 0 Å². The third kappa shape index (κ3) is 7.69. The van der Waals surface area contributed by atoms with Crippen LogP contribution in [0.4, 0.5) is 0 Å². The highest BCUT2D eigenvalue weighted by Crippen LogP contribution is 2.15. The molecule has 6 nitrogen and oxygen atoms in total. The zero-order valence-electron chi connectivity index (χ0n) is 13.3. The summed E-state index contributed by atoms with van der Waals surface area (Å²) in [7, 11) is 0. The van der Waals surface area contributed by atoms with Crippen molar-refractivity contribution in [3.05, 3.63) is 42.0 Å². The first kappa shape index (κ1) is 19.8. The van der Waals surface area contributed by atoms with Gasteiger partial charge in [-0.25, -0.2) is 4.99 Å². The Kier molecular flexibility index (Phi) is 9.69. The predicted octanol–water partition coefficient (Wildman–Crippen LogP) is 2.84. The van der Waals surface area contributed by atoms with E-state index in [9.17, 15) is 0 Å². The van der Waals surface area contributed by atoms with Crippen molar-refractivity contribution in [1.29, 1.82) is 0 Å². The fraction of sp³-hybridized carbons (Fsp3) is 0.400. The Labute approximate surface area is 157 Å². The molecule has 126 valence electrons. The number of aryl methyl sites for hydroxylation is 1. The Bertz CT molecular complexity index is 591. The average molecular weight is 447 g/mol. The highest BCUT2D eigenvalue weighted by atomic mass is 127. The number of aromatic nitrogens is 2. The molecule has 1 heterocycles. The third-order valence-electron chi connectivity index (χ3n) is 2.69. The Morgan fingerprint density at radius 2 is 2.04 bits per heavy atom. The molecule has 0 bridgehead atoms. The number of rotatable bonds is 7. The standard InChI is InChI=1S/C15H21N5OS.HI/c1-3-16-15(18-11-14-19-12(2)20-21-14)17-9-10-22-13-7-5-4-6-8-13;/h4-8H,3,9-11H2,1-2H3,(H2,16,17,18);1H. The number of guanidine groups is 1. The molecule has 0 spiro atoms. The van der Waals surface area contributed by atoms with Gasteiger partial charge in [0.15, 0.2) is 11.8 Å². The molecule has 0 fully saturated rings. The van der Waals surface area contributed by atoms with Crippen molar-refractivity contribution in [2.75, 3.05) is 18.8 Å². The zero-order valence-corrected chi connectivity index (χ0v) is 16.4. The van der Waals surface area contributed by atoms with E-state index in [0.717, 1.165) is 24.8 Å². The molecule has 2 N–H and O–H groups in total. The maximum absolute atomic E-state index is 5.05. The van der Waals surface area contributed by atoms with Crippen molar-refractivity contribution in [1.82, 2.24) is 20.8 Å². The van der Waals surface area contributed by atoms with Crippen molar-refractivity contribution in [2.24, 2.45) is 4.99 Å². The molecule has 0 aliphatic heterocycles. The lowest BCUT2D eigenvalue weighted by Crippen LogP contribution is -2.38. The summed E-state index contributed by atoms with van der Waals surface area (Å²) in [6, 6.07) is 10.3. The molecule has 23 heavy (non-hydrogen) atoms. The van der Waals surface area contributed by atoms with Crippen molar-refractivity contribution in [3.63, 3.8) is 0 Å². The Morgan fingerprint density at radius 3 is 2.70 bits per heavy atom. The number of hydrogen-bond acceptors (Lipinski definition) is 5. The van der Waals surface area contributed by atoms with Crippen molar-refractivity contribution < 1.29 is 4.52 Å². The minimum Gasteiger partial charge on any atom is -0.357 e. The van der Waals surface area contributed by atoms with Crippen LogP contribution in [0.1, 0.15) is 18.6 Å². The first-order valence-electron chi connectivity index (χ1n) is 7.27. The first-order valence-corrected chi connectivity index (χ1v) is 8.25. The molecule has 0 unspecified atom stereocenters. The van der Waals surface area contributed by atoms with E-state index in [1.165, 1.54) is 4.90 Å². The van der Waals surface area contributed by atoms with E-state index < -0.39 is 0 Å². The van der Waals surface area contributed by atoms with Gasteiger partial charge in [0.05, 0.1) is 0 Å². The highest BCUT2D eigenvalue weighted by Gasteiger charge is 2.03. The molecule has 0 saturated carbocycles. The van der Waals surface area contributed by atoms with Crippen LogP contribution in [0, 0.1) is 6.92 Å². The molecular weight excluding hydrogens is 425 g/mol. The third-order valence-corrected chi connectivity index (χ3v) is 3.71. The monoisotopic (exact) mass is 447 g/mol. The first-order chi connectivity index (χ1) is 10.8. The molecule has 2 rings (SSSR count). The maximum atomic E-state index is 5.05. The van der Waals surface area contributed by atoms with Crippen molar-refractivity contribution in [2.45, 2.75) is 25.3 Å². The zero-order chi connectivity index (χ0) is 15.6. The Morgan fingerprint density at radius 1 is 1.26 bits per heavy atom. The van der Waals surface area contributed by atoms with Crippen LogP contribution < -0.4 is 10.6 Å². The Hall–Kier alpha value is -1.29. The van der Waals surface area contributed by atoms with E-state index in [0.29, 0.717) is 18.3 Å². The van der Waals surface area contributed by atoms with Gasteiger partial charge in [0.1, 0.15) is 6.54 Å². The van der Waals surface area contributed by atoms with Crippen LogP contribution in [0.2, 0.25) is 0 Å². The minimum atomic E-state index is 0. The van der Waals surface area contributed by atoms with Gasteiger partial charge < -0.3 is 15.2 Å². The fourth-order valence-corrected chi connectivity index (χ4v) is 2.54. The molecule has 0 atom stereocenters. The fourth-order valence-electron chi connectivity index (χ4n) is 1.75. The second-order valence-electron chi connectivity index (χ2n) is 4.52. The van der Waals surface area contributed by atoms with E-state index in [4.69, 9.17) is 4.52 Å². The van der Waals surface area contributed by atoms with Gasteiger partial charge >= 0.3 is 0 Å². The summed E-state index contributed by atoms with van der Waals surface area (Å²) < 4.78 is 5.05. The molecule has 2 aromatic rings. The van der Waals surface area contributed by atoms with Crippen LogP contribution >= 0.6 is 35.7 Å². The topological polar surface area (TPSA) is 75.3 Å². The molecule has 0 aliphatic carbocycles. The van der Waals surface area contributed by atoms with Crippen LogP contribution in [0.25, 0.3) is 0 Å². The van der Waals surface area contributed by atoms with Crippen LogP contribution in [-0.2, 0) is 6.54 Å². The lowest BCUT2D eigenvalue weighted by Gasteiger charge is -2.10. The van der Waals surface area contributed by atoms with Gasteiger partial charge in [0.2, 0.25) is 5.89 Å². The van der Waals surface area contributed by atoms with Gasteiger partial charge in [-0.1, -0.05) is 23.4 Å². The smallest absolute Gasteiger partial charge is 0.248 e. The molecule has 0 radical (unpaired) electrons. The molecular formula is C15H22IN5OS. The predicted molar refractivity (Wildman–Crippen MR) is 104 cm³/mol. The van der Waals surface area contributed by atoms with Crippen molar-refractivity contribution in [3.8, 4) is 0 Å². The molecule has 0 saturated heterocycles. The summed E-state index contributed by atoms with van der Waals surface area (Å²) in [6.07, 6.45) is 0. The lowest BCUT2D eigenvalue weighted by molar-refractivity contribution is 0.376. The molecule has 0 amide bonds. The van der Waals surface area contributed by atoms with E-state index in [1.807, 2.05) is 36.9 Å². The van der Waals surface area contributed by atoms with Crippen molar-refractivity contribution >= 4 is 41.7 Å². The molecule has 1 aromatic carbocycles. The van der Waals surface area contributed by atoms with Crippen LogP contribution in [0.5, 0.6) is 0 Å². The maximum Gasteiger partial charge on any atom is 0.248 e. The number of thioether (sulfide) groups is 1. The normalized spacial score (nSPS) is 11.0. The lowest BCUT2D eigenvalue weighted by atomic mass is 10.4. The molecule has 0 aliphatic rings. The van der Waals surface area contributed by atoms with Gasteiger partial charge in [0.25, 0.3) is 0 Å². The summed E-state index contributed by atoms with van der Waals surface area (Å²) in [5.41, 5.74) is 0. The van der Waals surface area contributed by atoms with Gasteiger partial charge in [-0.15, -0.1) is 35.7 Å². The molecule has 8 heteroatoms. The largest absolute Gasteiger partial charge is 0.357 e. The number of halogens is 1. The minimum absolute atomic E-state index is 0. The summed E-state index contributed by atoms with van der Waals surface area (Å²) in [6.45, 7) is 5.84. The Balaban J connectivity index is 0.00000264. The summed E-state index contributed by atoms with van der Waals surface area (Å²) in [4.78, 5) is 9.84. The van der Waals surface area contributed by atoms with Gasteiger partial charge in [-0.2, -0.15) is 4.98 Å². The number of nitrogens with zero attached hydrogens (tertiary/aromatic N) is 3. The molecule has 1 aromatic heterocycles. The van der Waals surface area contributed by atoms with E-state index in [2.05, 4.69) is 37.9 Å². The second-order valence-corrected chi connectivity index (χ2v) is 5.69. The average Bonchev–Trinajstić information content (AvgIpc) is 2.95. The van der Waals surface area contributed by atoms with Crippen LogP contribution in [0.15, 0.2) is 44.7 Å². The van der Waals surface area contributed by atoms with E-state index in [1.54, 1.807) is 6.92 Å². The SMILES string of the molecule is CCNC(=NCc1nc(C)no1)NCCSc1ccccc1.I.